The van der Waals surface area contributed by atoms with Gasteiger partial charge in [-0.1, -0.05) is 13.8 Å². The van der Waals surface area contributed by atoms with E-state index in [0.717, 1.165) is 25.1 Å². The molecule has 5 nitrogen and oxygen atoms in total. The zero-order chi connectivity index (χ0) is 17.2. The van der Waals surface area contributed by atoms with Crippen molar-refractivity contribution in [1.82, 2.24) is 5.32 Å². The Balaban J connectivity index is 4.08. The summed E-state index contributed by atoms with van der Waals surface area (Å²) in [6.07, 6.45) is 1.92. The molecule has 0 unspecified atom stereocenters. The monoisotopic (exact) mass is 347 g/mol. The largest absolute Gasteiger partial charge is 0.466 e. The van der Waals surface area contributed by atoms with Gasteiger partial charge in [0.15, 0.2) is 16.6 Å². The summed E-state index contributed by atoms with van der Waals surface area (Å²) in [6, 6.07) is 1.86. The average Bonchev–Trinajstić information content (AvgIpc) is 2.41. The molecule has 0 bridgehead atoms. The molecule has 0 spiro atoms. The Morgan fingerprint density at radius 1 is 0.955 bits per heavy atom. The maximum atomic E-state index is 11.2. The first kappa shape index (κ1) is 21.3. The van der Waals surface area contributed by atoms with E-state index >= 15 is 0 Å². The zero-order valence-electron chi connectivity index (χ0n) is 15.1. The van der Waals surface area contributed by atoms with Gasteiger partial charge in [-0.2, -0.15) is 0 Å². The van der Waals surface area contributed by atoms with Gasteiger partial charge in [0.25, 0.3) is 0 Å². The number of amides is 1. The number of nitrogens with one attached hydrogen (secondary N) is 1. The number of hydrogen-bond donors (Lipinski definition) is 1. The van der Waals surface area contributed by atoms with Crippen LogP contribution in [0.1, 0.15) is 33.1 Å². The summed E-state index contributed by atoms with van der Waals surface area (Å²) in [6.45, 7) is 13.7. The number of carbonyl (C=O) groups excluding carboxylic acids is 2. The Labute approximate surface area is 137 Å². The predicted octanol–water partition coefficient (Wildman–Crippen LogP) is 3.28. The minimum Gasteiger partial charge on any atom is -0.466 e. The summed E-state index contributed by atoms with van der Waals surface area (Å²) in [5, 5.41) is 2.90. The number of hydrogen-bond acceptors (Lipinski definition) is 4. The molecule has 22 heavy (non-hydrogen) atoms. The number of carbonyl (C=O) groups is 2. The highest BCUT2D eigenvalue weighted by Crippen LogP contribution is 2.22. The highest BCUT2D eigenvalue weighted by molar-refractivity contribution is 6.84. The molecule has 130 valence electrons. The minimum atomic E-state index is -1.81. The van der Waals surface area contributed by atoms with Crippen molar-refractivity contribution in [2.45, 2.75) is 71.4 Å². The number of ether oxygens (including phenoxy) is 1. The SMILES string of the molecule is CCC(=O)NCCC[Si](C)(C)O[Si](C)(C)CCOC(=O)CC. The van der Waals surface area contributed by atoms with Gasteiger partial charge < -0.3 is 14.2 Å². The van der Waals surface area contributed by atoms with Crippen molar-refractivity contribution in [3.05, 3.63) is 0 Å². The van der Waals surface area contributed by atoms with Gasteiger partial charge in [-0.15, -0.1) is 0 Å². The van der Waals surface area contributed by atoms with E-state index in [2.05, 4.69) is 31.5 Å². The van der Waals surface area contributed by atoms with Crippen molar-refractivity contribution in [2.75, 3.05) is 13.2 Å². The van der Waals surface area contributed by atoms with Crippen LogP contribution < -0.4 is 5.32 Å². The number of esters is 1. The van der Waals surface area contributed by atoms with E-state index in [1.165, 1.54) is 0 Å². The van der Waals surface area contributed by atoms with Gasteiger partial charge in [0.2, 0.25) is 5.91 Å². The van der Waals surface area contributed by atoms with E-state index < -0.39 is 16.6 Å². The summed E-state index contributed by atoms with van der Waals surface area (Å²) in [5.74, 6) is -0.0409. The van der Waals surface area contributed by atoms with Gasteiger partial charge in [-0.25, -0.2) is 0 Å². The molecular weight excluding hydrogens is 314 g/mol. The van der Waals surface area contributed by atoms with Gasteiger partial charge in [0.1, 0.15) is 0 Å². The van der Waals surface area contributed by atoms with Crippen molar-refractivity contribution >= 4 is 28.5 Å². The lowest BCUT2D eigenvalue weighted by atomic mass is 10.4. The van der Waals surface area contributed by atoms with Crippen LogP contribution in [0.4, 0.5) is 0 Å². The molecule has 0 aromatic carbocycles. The molecule has 0 aromatic rings. The molecule has 1 N–H and O–H groups in total. The highest BCUT2D eigenvalue weighted by Gasteiger charge is 2.32. The second-order valence-corrected chi connectivity index (χ2v) is 15.6. The highest BCUT2D eigenvalue weighted by atomic mass is 28.4. The third kappa shape index (κ3) is 11.0. The van der Waals surface area contributed by atoms with Crippen LogP contribution >= 0.6 is 0 Å². The molecule has 0 saturated heterocycles. The lowest BCUT2D eigenvalue weighted by Gasteiger charge is -2.34. The number of rotatable bonds is 11. The smallest absolute Gasteiger partial charge is 0.305 e. The van der Waals surface area contributed by atoms with Crippen LogP contribution in [0.15, 0.2) is 0 Å². The van der Waals surface area contributed by atoms with E-state index in [1.54, 1.807) is 6.92 Å². The molecule has 0 aromatic heterocycles. The fourth-order valence-corrected chi connectivity index (χ4v) is 10.7. The molecule has 0 atom stereocenters. The minimum absolute atomic E-state index is 0.104. The Morgan fingerprint density at radius 3 is 2.09 bits per heavy atom. The Hall–Kier alpha value is -0.666. The molecule has 0 heterocycles. The Kier molecular flexibility index (Phi) is 9.86. The molecule has 7 heteroatoms. The molecule has 0 saturated carbocycles. The van der Waals surface area contributed by atoms with Crippen LogP contribution in [0.5, 0.6) is 0 Å². The van der Waals surface area contributed by atoms with Crippen LogP contribution in [0.2, 0.25) is 38.3 Å². The maximum absolute atomic E-state index is 11.2. The summed E-state index contributed by atoms with van der Waals surface area (Å²) in [7, 11) is -3.55. The first-order valence-electron chi connectivity index (χ1n) is 8.24. The second kappa shape index (κ2) is 10.2. The fraction of sp³-hybridized carbons (Fsp3) is 0.867. The molecule has 0 aliphatic rings. The topological polar surface area (TPSA) is 64.6 Å². The van der Waals surface area contributed by atoms with E-state index in [4.69, 9.17) is 8.85 Å². The Morgan fingerprint density at radius 2 is 1.55 bits per heavy atom. The fourth-order valence-electron chi connectivity index (χ4n) is 2.23. The Bertz CT molecular complexity index is 359. The van der Waals surface area contributed by atoms with Gasteiger partial charge in [0, 0.05) is 19.4 Å². The summed E-state index contributed by atoms with van der Waals surface area (Å²) < 4.78 is 11.6. The molecule has 0 fully saturated rings. The van der Waals surface area contributed by atoms with Crippen LogP contribution in [0.25, 0.3) is 0 Å². The van der Waals surface area contributed by atoms with Crippen LogP contribution in [0.3, 0.4) is 0 Å². The van der Waals surface area contributed by atoms with E-state index in [0.29, 0.717) is 19.4 Å². The van der Waals surface area contributed by atoms with E-state index in [1.807, 2.05) is 6.92 Å². The molecule has 0 aliphatic heterocycles. The molecule has 1 amide bonds. The third-order valence-corrected chi connectivity index (χ3v) is 10.8. The van der Waals surface area contributed by atoms with Crippen molar-refractivity contribution in [2.24, 2.45) is 0 Å². The van der Waals surface area contributed by atoms with Crippen molar-refractivity contribution < 1.29 is 18.4 Å². The second-order valence-electron chi connectivity index (χ2n) is 6.75. The first-order chi connectivity index (χ1) is 10.1. The summed E-state index contributed by atoms with van der Waals surface area (Å²) >= 11 is 0. The quantitative estimate of drug-likeness (QED) is 0.354. The van der Waals surface area contributed by atoms with E-state index in [9.17, 15) is 9.59 Å². The standard InChI is InChI=1S/C15H33NO4Si2/c1-7-14(17)16-10-9-12-21(3,4)20-22(5,6)13-11-19-15(18)8-2/h7-13H2,1-6H3,(H,16,17). The zero-order valence-corrected chi connectivity index (χ0v) is 17.1. The molecule has 0 rings (SSSR count). The normalized spacial score (nSPS) is 12.1. The van der Waals surface area contributed by atoms with Crippen LogP contribution in [-0.4, -0.2) is 41.7 Å². The van der Waals surface area contributed by atoms with Gasteiger partial charge >= 0.3 is 5.97 Å². The van der Waals surface area contributed by atoms with Crippen molar-refractivity contribution in [3.63, 3.8) is 0 Å². The first-order valence-corrected chi connectivity index (χ1v) is 14.5. The average molecular weight is 348 g/mol. The van der Waals surface area contributed by atoms with Crippen molar-refractivity contribution in [3.8, 4) is 0 Å². The van der Waals surface area contributed by atoms with Crippen LogP contribution in [-0.2, 0) is 18.4 Å². The van der Waals surface area contributed by atoms with Crippen LogP contribution in [0, 0.1) is 0 Å². The summed E-state index contributed by atoms with van der Waals surface area (Å²) in [5.41, 5.74) is 0. The maximum Gasteiger partial charge on any atom is 0.305 e. The van der Waals surface area contributed by atoms with E-state index in [-0.39, 0.29) is 11.9 Å². The third-order valence-electron chi connectivity index (χ3n) is 3.41. The molecular formula is C15H33NO4Si2. The van der Waals surface area contributed by atoms with Gasteiger partial charge in [-0.05, 0) is 44.7 Å². The van der Waals surface area contributed by atoms with Gasteiger partial charge in [-0.3, -0.25) is 9.59 Å². The molecule has 0 radical (unpaired) electrons. The van der Waals surface area contributed by atoms with Crippen molar-refractivity contribution in [1.29, 1.82) is 0 Å². The lowest BCUT2D eigenvalue weighted by Crippen LogP contribution is -2.45. The van der Waals surface area contributed by atoms with Gasteiger partial charge in [0.05, 0.1) is 6.61 Å². The molecule has 0 aliphatic carbocycles. The lowest BCUT2D eigenvalue weighted by molar-refractivity contribution is -0.142. The predicted molar refractivity (Wildman–Crippen MR) is 94.8 cm³/mol. The summed E-state index contributed by atoms with van der Waals surface area (Å²) in [4.78, 5) is 22.4.